The van der Waals surface area contributed by atoms with Crippen LogP contribution in [0.15, 0.2) is 0 Å². The summed E-state index contributed by atoms with van der Waals surface area (Å²) in [4.78, 5) is 2.38. The van der Waals surface area contributed by atoms with E-state index in [9.17, 15) is 0 Å². The summed E-state index contributed by atoms with van der Waals surface area (Å²) in [5, 5.41) is 3.54. The fourth-order valence-electron chi connectivity index (χ4n) is 2.01. The minimum atomic E-state index is -0.0883. The van der Waals surface area contributed by atoms with Crippen LogP contribution in [0.5, 0.6) is 0 Å². The summed E-state index contributed by atoms with van der Waals surface area (Å²) in [6.07, 6.45) is 2.36. The molecular formula is C12H26N2O2. The molecule has 1 heterocycles. The smallest absolute Gasteiger partial charge is 0.169 e. The summed E-state index contributed by atoms with van der Waals surface area (Å²) >= 11 is 0. The van der Waals surface area contributed by atoms with Gasteiger partial charge in [-0.1, -0.05) is 0 Å². The molecule has 1 saturated heterocycles. The monoisotopic (exact) mass is 230 g/mol. The van der Waals surface area contributed by atoms with Crippen molar-refractivity contribution in [1.29, 1.82) is 0 Å². The Morgan fingerprint density at radius 3 is 2.25 bits per heavy atom. The Bertz CT molecular complexity index is 164. The van der Waals surface area contributed by atoms with E-state index in [0.717, 1.165) is 6.54 Å². The number of likely N-dealkylation sites (tertiary alicyclic amines) is 1. The SMILES string of the molecule is CCOC(CNC1CCN(C)CC1)OCC. The number of nitrogens with one attached hydrogen (secondary N) is 1. The molecule has 0 bridgehead atoms. The number of ether oxygens (including phenoxy) is 2. The van der Waals surface area contributed by atoms with Crippen LogP contribution in [-0.4, -0.2) is 57.1 Å². The van der Waals surface area contributed by atoms with Crippen molar-refractivity contribution in [1.82, 2.24) is 10.2 Å². The van der Waals surface area contributed by atoms with Crippen molar-refractivity contribution in [3.8, 4) is 0 Å². The Labute approximate surface area is 99.3 Å². The molecule has 0 spiro atoms. The summed E-state index contributed by atoms with van der Waals surface area (Å²) in [5.41, 5.74) is 0. The third-order valence-corrected chi connectivity index (χ3v) is 3.00. The molecule has 0 saturated carbocycles. The molecular weight excluding hydrogens is 204 g/mol. The molecule has 1 fully saturated rings. The summed E-state index contributed by atoms with van der Waals surface area (Å²) in [6.45, 7) is 8.59. The lowest BCUT2D eigenvalue weighted by atomic mass is 10.1. The Balaban J connectivity index is 2.15. The van der Waals surface area contributed by atoms with E-state index in [1.807, 2.05) is 13.8 Å². The lowest BCUT2D eigenvalue weighted by Crippen LogP contribution is -2.44. The van der Waals surface area contributed by atoms with Crippen LogP contribution in [0.1, 0.15) is 26.7 Å². The van der Waals surface area contributed by atoms with E-state index in [-0.39, 0.29) is 6.29 Å². The van der Waals surface area contributed by atoms with Crippen LogP contribution in [-0.2, 0) is 9.47 Å². The van der Waals surface area contributed by atoms with Gasteiger partial charge < -0.3 is 19.7 Å². The van der Waals surface area contributed by atoms with Gasteiger partial charge in [0, 0.05) is 25.8 Å². The first-order chi connectivity index (χ1) is 7.76. The predicted molar refractivity (Wildman–Crippen MR) is 65.6 cm³/mol. The maximum Gasteiger partial charge on any atom is 0.169 e. The molecule has 0 aromatic rings. The highest BCUT2D eigenvalue weighted by Gasteiger charge is 2.17. The molecule has 0 atom stereocenters. The second-order valence-electron chi connectivity index (χ2n) is 4.33. The maximum absolute atomic E-state index is 5.50. The van der Waals surface area contributed by atoms with Gasteiger partial charge in [0.25, 0.3) is 0 Å². The molecule has 0 aromatic heterocycles. The van der Waals surface area contributed by atoms with Crippen LogP contribution in [0, 0.1) is 0 Å². The largest absolute Gasteiger partial charge is 0.352 e. The van der Waals surface area contributed by atoms with Crippen molar-refractivity contribution in [2.45, 2.75) is 39.0 Å². The predicted octanol–water partition coefficient (Wildman–Crippen LogP) is 1.07. The molecule has 4 heteroatoms. The number of rotatable bonds is 7. The molecule has 4 nitrogen and oxygen atoms in total. The zero-order chi connectivity index (χ0) is 11.8. The Kier molecular flexibility index (Phi) is 6.96. The molecule has 1 N–H and O–H groups in total. The minimum absolute atomic E-state index is 0.0883. The topological polar surface area (TPSA) is 33.7 Å². The van der Waals surface area contributed by atoms with Crippen molar-refractivity contribution in [3.05, 3.63) is 0 Å². The van der Waals surface area contributed by atoms with E-state index < -0.39 is 0 Å². The highest BCUT2D eigenvalue weighted by molar-refractivity contribution is 4.75. The second-order valence-corrected chi connectivity index (χ2v) is 4.33. The van der Waals surface area contributed by atoms with E-state index in [2.05, 4.69) is 17.3 Å². The van der Waals surface area contributed by atoms with Crippen molar-refractivity contribution in [2.24, 2.45) is 0 Å². The Morgan fingerprint density at radius 1 is 1.19 bits per heavy atom. The first-order valence-electron chi connectivity index (χ1n) is 6.41. The highest BCUT2D eigenvalue weighted by atomic mass is 16.7. The summed E-state index contributed by atoms with van der Waals surface area (Å²) in [5.74, 6) is 0. The van der Waals surface area contributed by atoms with Crippen molar-refractivity contribution in [3.63, 3.8) is 0 Å². The molecule has 0 aliphatic carbocycles. The molecule has 0 radical (unpaired) electrons. The van der Waals surface area contributed by atoms with Gasteiger partial charge in [0.15, 0.2) is 6.29 Å². The molecule has 1 aliphatic heterocycles. The van der Waals surface area contributed by atoms with E-state index >= 15 is 0 Å². The molecule has 0 aromatic carbocycles. The zero-order valence-corrected chi connectivity index (χ0v) is 10.9. The third kappa shape index (κ3) is 5.25. The average Bonchev–Trinajstić information content (AvgIpc) is 2.29. The lowest BCUT2D eigenvalue weighted by Gasteiger charge is -2.30. The van der Waals surface area contributed by atoms with Crippen LogP contribution >= 0.6 is 0 Å². The van der Waals surface area contributed by atoms with Gasteiger partial charge in [0.1, 0.15) is 0 Å². The summed E-state index contributed by atoms with van der Waals surface area (Å²) in [7, 11) is 2.18. The fourth-order valence-corrected chi connectivity index (χ4v) is 2.01. The van der Waals surface area contributed by atoms with Crippen LogP contribution in [0.25, 0.3) is 0 Å². The average molecular weight is 230 g/mol. The van der Waals surface area contributed by atoms with Crippen LogP contribution in [0.3, 0.4) is 0 Å². The lowest BCUT2D eigenvalue weighted by molar-refractivity contribution is -0.134. The van der Waals surface area contributed by atoms with Crippen molar-refractivity contribution in [2.75, 3.05) is 39.9 Å². The molecule has 0 unspecified atom stereocenters. The van der Waals surface area contributed by atoms with Gasteiger partial charge in [-0.2, -0.15) is 0 Å². The van der Waals surface area contributed by atoms with E-state index in [1.54, 1.807) is 0 Å². The second kappa shape index (κ2) is 8.01. The number of nitrogens with zero attached hydrogens (tertiary/aromatic N) is 1. The van der Waals surface area contributed by atoms with Gasteiger partial charge in [-0.25, -0.2) is 0 Å². The number of piperidine rings is 1. The fraction of sp³-hybridized carbons (Fsp3) is 1.00. The minimum Gasteiger partial charge on any atom is -0.352 e. The van der Waals surface area contributed by atoms with Gasteiger partial charge >= 0.3 is 0 Å². The van der Waals surface area contributed by atoms with Gasteiger partial charge in [0.2, 0.25) is 0 Å². The maximum atomic E-state index is 5.50. The molecule has 16 heavy (non-hydrogen) atoms. The molecule has 1 aliphatic rings. The van der Waals surface area contributed by atoms with Gasteiger partial charge in [-0.15, -0.1) is 0 Å². The number of hydrogen-bond acceptors (Lipinski definition) is 4. The van der Waals surface area contributed by atoms with E-state index in [4.69, 9.17) is 9.47 Å². The first-order valence-corrected chi connectivity index (χ1v) is 6.41. The zero-order valence-electron chi connectivity index (χ0n) is 10.9. The number of hydrogen-bond donors (Lipinski definition) is 1. The van der Waals surface area contributed by atoms with Gasteiger partial charge in [0.05, 0.1) is 0 Å². The molecule has 1 rings (SSSR count). The normalized spacial score (nSPS) is 19.5. The van der Waals surface area contributed by atoms with Gasteiger partial charge in [-0.05, 0) is 46.8 Å². The standard InChI is InChI=1S/C12H26N2O2/c1-4-15-12(16-5-2)10-13-11-6-8-14(3)9-7-11/h11-13H,4-10H2,1-3H3. The van der Waals surface area contributed by atoms with Crippen LogP contribution in [0.4, 0.5) is 0 Å². The van der Waals surface area contributed by atoms with Crippen LogP contribution in [0.2, 0.25) is 0 Å². The highest BCUT2D eigenvalue weighted by Crippen LogP contribution is 2.08. The van der Waals surface area contributed by atoms with E-state index in [0.29, 0.717) is 19.3 Å². The quantitative estimate of drug-likeness (QED) is 0.663. The van der Waals surface area contributed by atoms with Crippen LogP contribution < -0.4 is 5.32 Å². The summed E-state index contributed by atoms with van der Waals surface area (Å²) < 4.78 is 11.0. The van der Waals surface area contributed by atoms with Crippen molar-refractivity contribution >= 4 is 0 Å². The Morgan fingerprint density at radius 2 is 1.75 bits per heavy atom. The molecule has 96 valence electrons. The summed E-state index contributed by atoms with van der Waals surface area (Å²) in [6, 6.07) is 0.625. The third-order valence-electron chi connectivity index (χ3n) is 3.00. The van der Waals surface area contributed by atoms with Crippen molar-refractivity contribution < 1.29 is 9.47 Å². The van der Waals surface area contributed by atoms with Gasteiger partial charge in [-0.3, -0.25) is 0 Å². The van der Waals surface area contributed by atoms with E-state index in [1.165, 1.54) is 25.9 Å². The molecule has 0 amide bonds. The first kappa shape index (κ1) is 13.9. The Hall–Kier alpha value is -0.160.